The largest absolute Gasteiger partial charge is 0.481 e. The lowest BCUT2D eigenvalue weighted by molar-refractivity contribution is -0.136. The number of aliphatic carboxylic acids is 1. The van der Waals surface area contributed by atoms with Crippen LogP contribution in [0.1, 0.15) is 45.5 Å². The van der Waals surface area contributed by atoms with E-state index in [-0.39, 0.29) is 18.6 Å². The van der Waals surface area contributed by atoms with Crippen LogP contribution in [0, 0.1) is 5.82 Å². The van der Waals surface area contributed by atoms with E-state index in [1.54, 1.807) is 11.0 Å². The van der Waals surface area contributed by atoms with Crippen molar-refractivity contribution in [3.63, 3.8) is 0 Å². The van der Waals surface area contributed by atoms with Crippen molar-refractivity contribution in [2.45, 2.75) is 51.7 Å². The predicted molar refractivity (Wildman–Crippen MR) is 109 cm³/mol. The van der Waals surface area contributed by atoms with E-state index in [0.717, 1.165) is 18.4 Å². The number of fused-ring (bicyclic) bond motifs is 1. The molecule has 0 atom stereocenters. The molecular formula is C21H27FN4O4. The molecule has 1 aliphatic heterocycles. The smallest absolute Gasteiger partial charge is 0.410 e. The first-order chi connectivity index (χ1) is 14.1. The highest BCUT2D eigenvalue weighted by Gasteiger charge is 2.31. The van der Waals surface area contributed by atoms with Gasteiger partial charge in [0.25, 0.3) is 0 Å². The number of benzene rings is 1. The summed E-state index contributed by atoms with van der Waals surface area (Å²) in [5, 5.41) is 9.19. The van der Waals surface area contributed by atoms with Crippen LogP contribution in [-0.2, 0) is 16.0 Å². The number of imidazole rings is 1. The maximum Gasteiger partial charge on any atom is 0.410 e. The van der Waals surface area contributed by atoms with E-state index in [2.05, 4.69) is 4.98 Å². The van der Waals surface area contributed by atoms with Gasteiger partial charge in [-0.25, -0.2) is 14.2 Å². The Morgan fingerprint density at radius 2 is 1.87 bits per heavy atom. The van der Waals surface area contributed by atoms with Crippen molar-refractivity contribution >= 4 is 28.8 Å². The molecule has 2 heterocycles. The lowest BCUT2D eigenvalue weighted by atomic mass is 10.2. The number of aromatic nitrogens is 2. The molecule has 1 aromatic heterocycles. The van der Waals surface area contributed by atoms with Gasteiger partial charge in [-0.1, -0.05) is 0 Å². The summed E-state index contributed by atoms with van der Waals surface area (Å²) in [5.41, 5.74) is 1.14. The van der Waals surface area contributed by atoms with Gasteiger partial charge in [0.15, 0.2) is 0 Å². The van der Waals surface area contributed by atoms with E-state index in [0.29, 0.717) is 43.2 Å². The fourth-order valence-electron chi connectivity index (χ4n) is 3.85. The van der Waals surface area contributed by atoms with Gasteiger partial charge in [-0.2, -0.15) is 0 Å². The number of ether oxygens (including phenoxy) is 1. The number of hydrogen-bond acceptors (Lipinski definition) is 5. The van der Waals surface area contributed by atoms with E-state index in [9.17, 15) is 19.1 Å². The summed E-state index contributed by atoms with van der Waals surface area (Å²) in [5.74, 6) is -0.881. The number of rotatable bonds is 4. The highest BCUT2D eigenvalue weighted by Crippen LogP contribution is 2.40. The molecule has 9 heteroatoms. The van der Waals surface area contributed by atoms with Crippen molar-refractivity contribution in [2.24, 2.45) is 0 Å². The summed E-state index contributed by atoms with van der Waals surface area (Å²) in [6.45, 7) is 7.34. The van der Waals surface area contributed by atoms with Crippen LogP contribution in [0.3, 0.4) is 0 Å². The molecule has 0 bridgehead atoms. The predicted octanol–water partition coefficient (Wildman–Crippen LogP) is 3.19. The van der Waals surface area contributed by atoms with E-state index >= 15 is 0 Å². The van der Waals surface area contributed by atoms with Crippen LogP contribution in [0.2, 0.25) is 0 Å². The number of carbonyl (C=O) groups excluding carboxylic acids is 1. The molecule has 0 unspecified atom stereocenters. The van der Waals surface area contributed by atoms with Gasteiger partial charge in [-0.05, 0) is 39.7 Å². The van der Waals surface area contributed by atoms with Crippen LogP contribution < -0.4 is 4.90 Å². The van der Waals surface area contributed by atoms with Crippen LogP contribution in [-0.4, -0.2) is 63.4 Å². The van der Waals surface area contributed by atoms with E-state index in [1.165, 1.54) is 6.07 Å². The molecule has 30 heavy (non-hydrogen) atoms. The molecule has 1 aliphatic carbocycles. The molecule has 1 saturated heterocycles. The summed E-state index contributed by atoms with van der Waals surface area (Å²) in [6, 6.07) is 3.38. The van der Waals surface area contributed by atoms with Crippen molar-refractivity contribution in [3.8, 4) is 0 Å². The van der Waals surface area contributed by atoms with Crippen LogP contribution in [0.15, 0.2) is 12.1 Å². The van der Waals surface area contributed by atoms with E-state index in [1.807, 2.05) is 30.2 Å². The molecule has 162 valence electrons. The van der Waals surface area contributed by atoms with Crippen LogP contribution in [0.5, 0.6) is 0 Å². The van der Waals surface area contributed by atoms with Crippen molar-refractivity contribution in [1.29, 1.82) is 0 Å². The molecule has 0 spiro atoms. The summed E-state index contributed by atoms with van der Waals surface area (Å²) >= 11 is 0. The first-order valence-corrected chi connectivity index (χ1v) is 10.3. The van der Waals surface area contributed by atoms with Gasteiger partial charge >= 0.3 is 12.1 Å². The first-order valence-electron chi connectivity index (χ1n) is 10.3. The maximum atomic E-state index is 14.9. The van der Waals surface area contributed by atoms with Gasteiger partial charge in [0.2, 0.25) is 0 Å². The second-order valence-corrected chi connectivity index (χ2v) is 8.95. The number of carboxylic acids is 1. The van der Waals surface area contributed by atoms with E-state index in [4.69, 9.17) is 4.74 Å². The SMILES string of the molecule is CC(C)(C)OC(=O)N1CCN(c2cc3c(cc2F)nc(CC(=O)O)n3C2CC2)CC1. The van der Waals surface area contributed by atoms with Crippen molar-refractivity contribution in [3.05, 3.63) is 23.8 Å². The zero-order chi connectivity index (χ0) is 21.6. The average molecular weight is 418 g/mol. The Labute approximate surface area is 174 Å². The van der Waals surface area contributed by atoms with Crippen LogP contribution in [0.25, 0.3) is 11.0 Å². The third kappa shape index (κ3) is 4.20. The minimum absolute atomic E-state index is 0.184. The summed E-state index contributed by atoms with van der Waals surface area (Å²) in [4.78, 5) is 31.4. The maximum absolute atomic E-state index is 14.9. The molecule has 0 radical (unpaired) electrons. The minimum Gasteiger partial charge on any atom is -0.481 e. The Kier molecular flexibility index (Phi) is 5.07. The second-order valence-electron chi connectivity index (χ2n) is 8.95. The van der Waals surface area contributed by atoms with Crippen LogP contribution in [0.4, 0.5) is 14.9 Å². The quantitative estimate of drug-likeness (QED) is 0.821. The molecule has 2 aliphatic rings. The number of hydrogen-bond donors (Lipinski definition) is 1. The Morgan fingerprint density at radius 3 is 2.43 bits per heavy atom. The number of nitrogens with zero attached hydrogens (tertiary/aromatic N) is 4. The zero-order valence-corrected chi connectivity index (χ0v) is 17.5. The monoisotopic (exact) mass is 418 g/mol. The fourth-order valence-corrected chi connectivity index (χ4v) is 3.85. The molecule has 8 nitrogen and oxygen atoms in total. The molecule has 4 rings (SSSR count). The third-order valence-electron chi connectivity index (χ3n) is 5.32. The summed E-state index contributed by atoms with van der Waals surface area (Å²) in [6.07, 6.45) is 1.40. The van der Waals surface area contributed by atoms with Crippen molar-refractivity contribution < 1.29 is 23.8 Å². The fraction of sp³-hybridized carbons (Fsp3) is 0.571. The second kappa shape index (κ2) is 7.45. The summed E-state index contributed by atoms with van der Waals surface area (Å²) < 4.78 is 22.3. The molecule has 1 amide bonds. The minimum atomic E-state index is -0.953. The zero-order valence-electron chi connectivity index (χ0n) is 17.5. The number of halogens is 1. The normalized spacial score (nSPS) is 17.5. The van der Waals surface area contributed by atoms with Crippen molar-refractivity contribution in [1.82, 2.24) is 14.5 Å². The Hall–Kier alpha value is -2.84. The molecule has 1 aromatic carbocycles. The number of piperazine rings is 1. The first kappa shape index (κ1) is 20.4. The van der Waals surface area contributed by atoms with Gasteiger partial charge in [-0.15, -0.1) is 0 Å². The molecule has 2 aromatic rings. The topological polar surface area (TPSA) is 87.9 Å². The Morgan fingerprint density at radius 1 is 1.20 bits per heavy atom. The number of anilines is 1. The lowest BCUT2D eigenvalue weighted by Gasteiger charge is -2.36. The lowest BCUT2D eigenvalue weighted by Crippen LogP contribution is -2.50. The highest BCUT2D eigenvalue weighted by molar-refractivity contribution is 5.82. The van der Waals surface area contributed by atoms with Gasteiger partial charge in [0.05, 0.1) is 16.7 Å². The van der Waals surface area contributed by atoms with Crippen molar-refractivity contribution in [2.75, 3.05) is 31.1 Å². The molecular weight excluding hydrogens is 391 g/mol. The molecule has 1 saturated carbocycles. The number of amides is 1. The molecule has 2 fully saturated rings. The van der Waals surface area contributed by atoms with Crippen LogP contribution >= 0.6 is 0 Å². The Balaban J connectivity index is 1.56. The third-order valence-corrected chi connectivity index (χ3v) is 5.32. The molecule has 1 N–H and O–H groups in total. The number of carboxylic acid groups (broad SMARTS) is 1. The van der Waals surface area contributed by atoms with Gasteiger partial charge in [0.1, 0.15) is 23.7 Å². The Bertz CT molecular complexity index is 985. The van der Waals surface area contributed by atoms with Gasteiger partial charge in [0, 0.05) is 38.3 Å². The number of carbonyl (C=O) groups is 2. The highest BCUT2D eigenvalue weighted by atomic mass is 19.1. The van der Waals surface area contributed by atoms with Gasteiger partial charge in [-0.3, -0.25) is 4.79 Å². The average Bonchev–Trinajstić information content (AvgIpc) is 3.41. The van der Waals surface area contributed by atoms with Gasteiger partial charge < -0.3 is 24.2 Å². The van der Waals surface area contributed by atoms with E-state index < -0.39 is 17.4 Å². The summed E-state index contributed by atoms with van der Waals surface area (Å²) in [7, 11) is 0. The standard InChI is InChI=1S/C21H27FN4O4/c1-21(2,3)30-20(29)25-8-6-24(7-9-25)16-11-17-15(10-14(16)22)23-18(12-19(27)28)26(17)13-4-5-13/h10-11,13H,4-9,12H2,1-3H3,(H,27,28).